The highest BCUT2D eigenvalue weighted by Gasteiger charge is 2.17. The van der Waals surface area contributed by atoms with Crippen molar-refractivity contribution in [1.29, 1.82) is 0 Å². The van der Waals surface area contributed by atoms with Gasteiger partial charge < -0.3 is 5.73 Å². The first-order valence-corrected chi connectivity index (χ1v) is 7.54. The fraction of sp³-hybridized carbons (Fsp3) is 0.167. The summed E-state index contributed by atoms with van der Waals surface area (Å²) in [7, 11) is -2.30. The molecule has 0 atom stereocenters. The Labute approximate surface area is 122 Å². The number of benzene rings is 1. The molecule has 0 radical (unpaired) electrons. The van der Waals surface area contributed by atoms with Crippen LogP contribution in [0.2, 0.25) is 5.02 Å². The zero-order valence-electron chi connectivity index (χ0n) is 10.9. The normalized spacial score (nSPS) is 11.6. The van der Waals surface area contributed by atoms with Crippen LogP contribution in [-0.2, 0) is 10.0 Å². The third-order valence-electron chi connectivity index (χ3n) is 2.80. The van der Waals surface area contributed by atoms with Gasteiger partial charge in [-0.15, -0.1) is 0 Å². The van der Waals surface area contributed by atoms with Crippen molar-refractivity contribution < 1.29 is 8.42 Å². The lowest BCUT2D eigenvalue weighted by molar-refractivity contribution is 0.588. The van der Waals surface area contributed by atoms with Crippen molar-refractivity contribution >= 4 is 27.6 Å². The van der Waals surface area contributed by atoms with Crippen molar-refractivity contribution in [2.45, 2.75) is 11.8 Å². The van der Waals surface area contributed by atoms with Crippen LogP contribution in [0.25, 0.3) is 11.1 Å². The van der Waals surface area contributed by atoms with Gasteiger partial charge in [-0.25, -0.2) is 23.1 Å². The van der Waals surface area contributed by atoms with E-state index >= 15 is 0 Å². The summed E-state index contributed by atoms with van der Waals surface area (Å²) in [6.45, 7) is 1.77. The topological polar surface area (TPSA) is 98.0 Å². The average molecular weight is 313 g/mol. The van der Waals surface area contributed by atoms with Gasteiger partial charge in [-0.3, -0.25) is 0 Å². The molecule has 1 heterocycles. The molecule has 0 bridgehead atoms. The molecule has 0 fully saturated rings. The van der Waals surface area contributed by atoms with Gasteiger partial charge in [0.1, 0.15) is 4.90 Å². The Kier molecular flexibility index (Phi) is 3.94. The molecule has 0 spiro atoms. The third-order valence-corrected chi connectivity index (χ3v) is 4.69. The fourth-order valence-electron chi connectivity index (χ4n) is 1.76. The molecule has 3 N–H and O–H groups in total. The number of hydrogen-bond donors (Lipinski definition) is 2. The van der Waals surface area contributed by atoms with Gasteiger partial charge in [-0.05, 0) is 31.7 Å². The minimum Gasteiger partial charge on any atom is -0.368 e. The molecule has 2 aromatic rings. The largest absolute Gasteiger partial charge is 0.368 e. The first-order valence-electron chi connectivity index (χ1n) is 5.67. The van der Waals surface area contributed by atoms with Gasteiger partial charge in [0, 0.05) is 11.8 Å². The number of nitrogen functional groups attached to an aromatic ring is 1. The molecule has 1 aromatic carbocycles. The Morgan fingerprint density at radius 1 is 1.35 bits per heavy atom. The summed E-state index contributed by atoms with van der Waals surface area (Å²) in [5, 5.41) is 0.150. The van der Waals surface area contributed by atoms with Crippen LogP contribution in [-0.4, -0.2) is 25.4 Å². The highest BCUT2D eigenvalue weighted by molar-refractivity contribution is 7.89. The van der Waals surface area contributed by atoms with E-state index in [4.69, 9.17) is 17.3 Å². The van der Waals surface area contributed by atoms with E-state index in [1.165, 1.54) is 19.2 Å². The number of nitrogens with one attached hydrogen (secondary N) is 1. The Morgan fingerprint density at radius 3 is 2.65 bits per heavy atom. The second-order valence-corrected chi connectivity index (χ2v) is 6.34. The highest BCUT2D eigenvalue weighted by Crippen LogP contribution is 2.29. The van der Waals surface area contributed by atoms with Crippen LogP contribution in [0.4, 0.5) is 5.95 Å². The monoisotopic (exact) mass is 312 g/mol. The molecule has 0 saturated carbocycles. The maximum absolute atomic E-state index is 11.9. The molecule has 0 saturated heterocycles. The van der Waals surface area contributed by atoms with Gasteiger partial charge in [0.25, 0.3) is 0 Å². The van der Waals surface area contributed by atoms with E-state index in [2.05, 4.69) is 14.7 Å². The minimum absolute atomic E-state index is 0.00962. The maximum Gasteiger partial charge on any atom is 0.241 e. The van der Waals surface area contributed by atoms with Crippen LogP contribution in [0.3, 0.4) is 0 Å². The van der Waals surface area contributed by atoms with Gasteiger partial charge in [-0.2, -0.15) is 0 Å². The van der Waals surface area contributed by atoms with Crippen molar-refractivity contribution in [3.05, 3.63) is 35.1 Å². The molecule has 0 amide bonds. The number of nitrogens with two attached hydrogens (primary N) is 1. The van der Waals surface area contributed by atoms with Crippen molar-refractivity contribution in [3.8, 4) is 11.1 Å². The van der Waals surface area contributed by atoms with Crippen LogP contribution < -0.4 is 10.5 Å². The number of halogens is 1. The molecule has 0 aliphatic rings. The number of hydrogen-bond acceptors (Lipinski definition) is 5. The van der Waals surface area contributed by atoms with Gasteiger partial charge in [-0.1, -0.05) is 17.7 Å². The molecule has 0 aliphatic carbocycles. The highest BCUT2D eigenvalue weighted by atomic mass is 35.5. The van der Waals surface area contributed by atoms with Gasteiger partial charge in [0.15, 0.2) is 0 Å². The van der Waals surface area contributed by atoms with Crippen LogP contribution >= 0.6 is 11.6 Å². The maximum atomic E-state index is 11.9. The Bertz CT molecular complexity index is 762. The summed E-state index contributed by atoms with van der Waals surface area (Å²) < 4.78 is 26.0. The Morgan fingerprint density at radius 2 is 2.05 bits per heavy atom. The molecule has 0 unspecified atom stereocenters. The standard InChI is InChI=1S/C12H13ClN4O2S/c1-7-9(6-16-12(14)17-7)8-3-4-10(13)11(5-8)20(18,19)15-2/h3-6,15H,1-2H3,(H2,14,16,17). The van der Waals surface area contributed by atoms with E-state index in [9.17, 15) is 8.42 Å². The van der Waals surface area contributed by atoms with Crippen molar-refractivity contribution in [2.24, 2.45) is 0 Å². The number of anilines is 1. The van der Waals surface area contributed by atoms with Gasteiger partial charge in [0.2, 0.25) is 16.0 Å². The van der Waals surface area contributed by atoms with Crippen LogP contribution in [0, 0.1) is 6.92 Å². The zero-order chi connectivity index (χ0) is 14.9. The SMILES string of the molecule is CNS(=O)(=O)c1cc(-c2cnc(N)nc2C)ccc1Cl. The third kappa shape index (κ3) is 2.74. The molecular formula is C12H13ClN4O2S. The van der Waals surface area contributed by atoms with E-state index in [1.54, 1.807) is 19.2 Å². The van der Waals surface area contributed by atoms with E-state index < -0.39 is 10.0 Å². The lowest BCUT2D eigenvalue weighted by Crippen LogP contribution is -2.19. The molecule has 6 nitrogen and oxygen atoms in total. The fourth-order valence-corrected chi connectivity index (χ4v) is 3.00. The second kappa shape index (κ2) is 5.35. The lowest BCUT2D eigenvalue weighted by Gasteiger charge is -2.09. The minimum atomic E-state index is -3.63. The first-order chi connectivity index (χ1) is 9.35. The Balaban J connectivity index is 2.63. The van der Waals surface area contributed by atoms with Crippen LogP contribution in [0.5, 0.6) is 0 Å². The molecule has 2 rings (SSSR count). The molecular weight excluding hydrogens is 300 g/mol. The van der Waals surface area contributed by atoms with Crippen molar-refractivity contribution in [1.82, 2.24) is 14.7 Å². The van der Waals surface area contributed by atoms with Crippen molar-refractivity contribution in [2.75, 3.05) is 12.8 Å². The van der Waals surface area contributed by atoms with Gasteiger partial charge >= 0.3 is 0 Å². The number of nitrogens with zero attached hydrogens (tertiary/aromatic N) is 2. The van der Waals surface area contributed by atoms with Crippen LogP contribution in [0.1, 0.15) is 5.69 Å². The number of rotatable bonds is 3. The zero-order valence-corrected chi connectivity index (χ0v) is 12.5. The molecule has 1 aromatic heterocycles. The van der Waals surface area contributed by atoms with E-state index in [1.807, 2.05) is 0 Å². The quantitative estimate of drug-likeness (QED) is 0.897. The number of aryl methyl sites for hydroxylation is 1. The molecule has 106 valence electrons. The summed E-state index contributed by atoms with van der Waals surface area (Å²) in [6, 6.07) is 4.71. The predicted molar refractivity (Wildman–Crippen MR) is 77.9 cm³/mol. The van der Waals surface area contributed by atoms with Gasteiger partial charge in [0.05, 0.1) is 10.7 Å². The van der Waals surface area contributed by atoms with E-state index in [0.717, 1.165) is 0 Å². The lowest BCUT2D eigenvalue weighted by atomic mass is 10.1. The van der Waals surface area contributed by atoms with Crippen LogP contribution in [0.15, 0.2) is 29.3 Å². The van der Waals surface area contributed by atoms with E-state index in [-0.39, 0.29) is 15.9 Å². The second-order valence-electron chi connectivity index (χ2n) is 4.08. The molecule has 8 heteroatoms. The smallest absolute Gasteiger partial charge is 0.241 e. The average Bonchev–Trinajstić information content (AvgIpc) is 2.39. The van der Waals surface area contributed by atoms with E-state index in [0.29, 0.717) is 16.8 Å². The molecule has 20 heavy (non-hydrogen) atoms. The first kappa shape index (κ1) is 14.7. The summed E-state index contributed by atoms with van der Waals surface area (Å²) in [5.41, 5.74) is 7.51. The summed E-state index contributed by atoms with van der Waals surface area (Å²) in [6.07, 6.45) is 1.55. The predicted octanol–water partition coefficient (Wildman–Crippen LogP) is 1.60. The number of aromatic nitrogens is 2. The number of sulfonamides is 1. The summed E-state index contributed by atoms with van der Waals surface area (Å²) in [4.78, 5) is 7.98. The van der Waals surface area contributed by atoms with Crippen molar-refractivity contribution in [3.63, 3.8) is 0 Å². The summed E-state index contributed by atoms with van der Waals surface area (Å²) >= 11 is 5.94. The summed E-state index contributed by atoms with van der Waals surface area (Å²) in [5.74, 6) is 0.170. The Hall–Kier alpha value is -1.70. The molecule has 0 aliphatic heterocycles.